The first-order chi connectivity index (χ1) is 10.7. The smallest absolute Gasteiger partial charge is 0.337 e. The summed E-state index contributed by atoms with van der Waals surface area (Å²) in [5, 5.41) is 4.16. The molecule has 0 aliphatic rings. The summed E-state index contributed by atoms with van der Waals surface area (Å²) in [5.41, 5.74) is 11.7. The second-order valence-corrected chi connectivity index (χ2v) is 6.10. The number of aromatic nitrogens is 2. The van der Waals surface area contributed by atoms with Gasteiger partial charge in [0.1, 0.15) is 10.0 Å². The van der Waals surface area contributed by atoms with E-state index in [1.54, 1.807) is 6.92 Å². The van der Waals surface area contributed by atoms with Crippen LogP contribution in [0.1, 0.15) is 34.2 Å². The third-order valence-corrected chi connectivity index (χ3v) is 4.47. The van der Waals surface area contributed by atoms with Gasteiger partial charge in [-0.2, -0.15) is 10.1 Å². The van der Waals surface area contributed by atoms with Gasteiger partial charge in [-0.25, -0.2) is 5.43 Å². The van der Waals surface area contributed by atoms with Gasteiger partial charge >= 0.3 is 5.91 Å². The first kappa shape index (κ1) is 17.6. The number of halogens is 3. The molecule has 1 amide bonds. The number of hydrogen-bond donors (Lipinski definition) is 3. The fourth-order valence-electron chi connectivity index (χ4n) is 2.18. The van der Waals surface area contributed by atoms with E-state index >= 15 is 0 Å². The molecule has 0 unspecified atom stereocenters. The van der Waals surface area contributed by atoms with Gasteiger partial charge in [-0.05, 0) is 37.9 Å². The van der Waals surface area contributed by atoms with Crippen LogP contribution in [0.15, 0.2) is 11.3 Å². The maximum atomic E-state index is 12.2. The molecule has 0 spiro atoms. The first-order valence-corrected chi connectivity index (χ1v) is 7.72. The highest BCUT2D eigenvalue weighted by Gasteiger charge is 2.26. The van der Waals surface area contributed by atoms with Gasteiger partial charge in [-0.1, -0.05) is 23.2 Å². The van der Waals surface area contributed by atoms with Crippen LogP contribution >= 0.6 is 34.8 Å². The van der Waals surface area contributed by atoms with Crippen molar-refractivity contribution in [1.82, 2.24) is 10.4 Å². The van der Waals surface area contributed by atoms with Crippen LogP contribution in [0.3, 0.4) is 0 Å². The van der Waals surface area contributed by atoms with E-state index in [0.717, 1.165) is 16.8 Å². The molecule has 2 aromatic rings. The van der Waals surface area contributed by atoms with E-state index in [1.165, 1.54) is 0 Å². The van der Waals surface area contributed by atoms with Crippen molar-refractivity contribution in [2.24, 2.45) is 5.10 Å². The van der Waals surface area contributed by atoms with Gasteiger partial charge < -0.3 is 10.7 Å². The third-order valence-electron chi connectivity index (χ3n) is 3.31. The van der Waals surface area contributed by atoms with E-state index in [0.29, 0.717) is 5.71 Å². The molecule has 0 aliphatic heterocycles. The summed E-state index contributed by atoms with van der Waals surface area (Å²) in [6.07, 6.45) is 1.87. The van der Waals surface area contributed by atoms with Crippen molar-refractivity contribution in [3.8, 4) is 0 Å². The number of rotatable bonds is 3. The summed E-state index contributed by atoms with van der Waals surface area (Å²) in [6.45, 7) is 5.66. The number of carbonyl (C=O) groups excluding carboxylic acids is 1. The lowest BCUT2D eigenvalue weighted by atomic mass is 10.1. The van der Waals surface area contributed by atoms with Gasteiger partial charge in [-0.15, -0.1) is 0 Å². The number of anilines is 1. The number of carbonyl (C=O) groups is 1. The molecule has 2 heterocycles. The van der Waals surface area contributed by atoms with Crippen molar-refractivity contribution in [3.05, 3.63) is 43.9 Å². The SMILES string of the molecule is C/C(=N\NC(=O)c1[nH+]c(Cl)c(Cl)c(N)c1Cl)c1c(C)c[nH]c1C. The summed E-state index contributed by atoms with van der Waals surface area (Å²) >= 11 is 17.7. The predicted molar refractivity (Wildman–Crippen MR) is 92.4 cm³/mol. The Balaban J connectivity index is 2.29. The quantitative estimate of drug-likeness (QED) is 0.436. The number of nitrogens with one attached hydrogen (secondary N) is 3. The van der Waals surface area contributed by atoms with Crippen LogP contribution in [0.2, 0.25) is 15.2 Å². The summed E-state index contributed by atoms with van der Waals surface area (Å²) in [5.74, 6) is -0.578. The minimum Gasteiger partial charge on any atom is -0.396 e. The fourth-order valence-corrected chi connectivity index (χ4v) is 2.80. The number of H-pyrrole nitrogens is 2. The Morgan fingerprint density at radius 1 is 1.30 bits per heavy atom. The van der Waals surface area contributed by atoms with Crippen molar-refractivity contribution in [3.63, 3.8) is 0 Å². The molecule has 5 N–H and O–H groups in total. The zero-order valence-electron chi connectivity index (χ0n) is 12.6. The van der Waals surface area contributed by atoms with Gasteiger partial charge in [-0.3, -0.25) is 4.79 Å². The summed E-state index contributed by atoms with van der Waals surface area (Å²) in [6, 6.07) is 0. The Hall–Kier alpha value is -1.76. The summed E-state index contributed by atoms with van der Waals surface area (Å²) in [4.78, 5) is 17.9. The molecule has 0 fully saturated rings. The van der Waals surface area contributed by atoms with Crippen molar-refractivity contribution in [2.75, 3.05) is 5.73 Å². The van der Waals surface area contributed by atoms with Crippen LogP contribution in [-0.4, -0.2) is 16.6 Å². The van der Waals surface area contributed by atoms with Crippen LogP contribution in [0, 0.1) is 13.8 Å². The van der Waals surface area contributed by atoms with Gasteiger partial charge in [0, 0.05) is 17.5 Å². The molecule has 0 radical (unpaired) electrons. The lowest BCUT2D eigenvalue weighted by Gasteiger charge is -2.04. The monoisotopic (exact) mass is 374 g/mol. The maximum absolute atomic E-state index is 12.2. The Morgan fingerprint density at radius 2 is 1.96 bits per heavy atom. The van der Waals surface area contributed by atoms with Gasteiger partial charge in [0.15, 0.2) is 0 Å². The van der Waals surface area contributed by atoms with E-state index in [4.69, 9.17) is 40.5 Å². The van der Waals surface area contributed by atoms with E-state index in [9.17, 15) is 4.79 Å². The molecule has 0 bridgehead atoms. The molecule has 0 saturated heterocycles. The Labute approximate surface area is 148 Å². The van der Waals surface area contributed by atoms with Crippen molar-refractivity contribution < 1.29 is 9.78 Å². The van der Waals surface area contributed by atoms with Crippen molar-refractivity contribution >= 4 is 52.1 Å². The maximum Gasteiger partial charge on any atom is 0.337 e. The van der Waals surface area contributed by atoms with E-state index < -0.39 is 5.91 Å². The number of aromatic amines is 2. The standard InChI is InChI=1S/C14H14Cl3N5O/c1-5-4-19-6(2)8(5)7(3)21-22-14(23)12-9(15)11(18)10(16)13(17)20-12/h4,19H,1-3H3,(H2,18,20)(H,22,23)/p+1/b21-7+. The van der Waals surface area contributed by atoms with Gasteiger partial charge in [0.25, 0.3) is 10.8 Å². The number of amides is 1. The van der Waals surface area contributed by atoms with Crippen LogP contribution < -0.4 is 16.1 Å². The molecule has 0 saturated carbocycles. The second-order valence-electron chi connectivity index (χ2n) is 4.97. The van der Waals surface area contributed by atoms with E-state index in [2.05, 4.69) is 20.5 Å². The lowest BCUT2D eigenvalue weighted by molar-refractivity contribution is -0.379. The van der Waals surface area contributed by atoms with Crippen LogP contribution in [0.25, 0.3) is 0 Å². The molecule has 2 rings (SSSR count). The third kappa shape index (κ3) is 3.44. The topological polar surface area (TPSA) is 97.4 Å². The highest BCUT2D eigenvalue weighted by Crippen LogP contribution is 2.31. The highest BCUT2D eigenvalue weighted by atomic mass is 35.5. The molecule has 9 heteroatoms. The van der Waals surface area contributed by atoms with E-state index in [1.807, 2.05) is 20.0 Å². The molecule has 6 nitrogen and oxygen atoms in total. The molecule has 0 atom stereocenters. The second kappa shape index (κ2) is 6.78. The van der Waals surface area contributed by atoms with Crippen molar-refractivity contribution in [1.29, 1.82) is 0 Å². The minimum absolute atomic E-state index is 0.0150. The van der Waals surface area contributed by atoms with Gasteiger partial charge in [0.2, 0.25) is 0 Å². The number of hydrazone groups is 1. The molecule has 0 aliphatic carbocycles. The number of hydrogen-bond acceptors (Lipinski definition) is 3. The highest BCUT2D eigenvalue weighted by molar-refractivity contribution is 6.45. The summed E-state index contributed by atoms with van der Waals surface area (Å²) < 4.78 is 0. The van der Waals surface area contributed by atoms with E-state index in [-0.39, 0.29) is 26.6 Å². The fraction of sp³-hybridized carbons (Fsp3) is 0.214. The first-order valence-electron chi connectivity index (χ1n) is 6.58. The Bertz CT molecular complexity index is 794. The molecule has 2 aromatic heterocycles. The minimum atomic E-state index is -0.578. The van der Waals surface area contributed by atoms with Gasteiger partial charge in [0.05, 0.1) is 11.4 Å². The van der Waals surface area contributed by atoms with Crippen LogP contribution in [0.5, 0.6) is 0 Å². The number of nitrogens with zero attached hydrogens (tertiary/aromatic N) is 1. The van der Waals surface area contributed by atoms with Crippen LogP contribution in [-0.2, 0) is 0 Å². The average molecular weight is 376 g/mol. The molecular formula is C14H15Cl3N5O+. The number of nitrogens with two attached hydrogens (primary N) is 1. The molecule has 23 heavy (non-hydrogen) atoms. The largest absolute Gasteiger partial charge is 0.396 e. The van der Waals surface area contributed by atoms with Crippen molar-refractivity contribution in [2.45, 2.75) is 20.8 Å². The normalized spacial score (nSPS) is 11.7. The Morgan fingerprint density at radius 3 is 2.52 bits per heavy atom. The Kier molecular flexibility index (Phi) is 5.19. The summed E-state index contributed by atoms with van der Waals surface area (Å²) in [7, 11) is 0. The van der Waals surface area contributed by atoms with Crippen LogP contribution in [0.4, 0.5) is 5.69 Å². The molecule has 0 aromatic carbocycles. The zero-order chi connectivity index (χ0) is 17.3. The number of nitrogen functional groups attached to an aromatic ring is 1. The zero-order valence-corrected chi connectivity index (χ0v) is 14.9. The number of aryl methyl sites for hydroxylation is 2. The molecular weight excluding hydrogens is 361 g/mol. The molecule has 122 valence electrons. The number of pyridine rings is 1. The average Bonchev–Trinajstić information content (AvgIpc) is 2.85. The predicted octanol–water partition coefficient (Wildman–Crippen LogP) is 3.14. The lowest BCUT2D eigenvalue weighted by Crippen LogP contribution is -2.29.